The standard InChI is InChI=1S/C26H23N7O4/c34-23-8-7-22(24(35)28-23)32-14-18-11-19(5-6-20(18)25(32)36)33-15-21(29-30-33)26(37)31-10-2-4-17(13-31)16-3-1-9-27-12-16/h1,3-6,9,11-12,15,22H,2,7-8,10,13-14H2,(H,28,34,35). The van der Waals surface area contributed by atoms with Gasteiger partial charge in [0.15, 0.2) is 5.69 Å². The van der Waals surface area contributed by atoms with Gasteiger partial charge in [0.05, 0.1) is 11.9 Å². The molecule has 0 radical (unpaired) electrons. The van der Waals surface area contributed by atoms with Gasteiger partial charge in [-0.3, -0.25) is 29.5 Å². The van der Waals surface area contributed by atoms with E-state index in [1.54, 1.807) is 35.6 Å². The van der Waals surface area contributed by atoms with Crippen molar-refractivity contribution in [1.29, 1.82) is 0 Å². The summed E-state index contributed by atoms with van der Waals surface area (Å²) < 4.78 is 1.51. The first-order chi connectivity index (χ1) is 18.0. The van der Waals surface area contributed by atoms with E-state index < -0.39 is 11.9 Å². The van der Waals surface area contributed by atoms with E-state index in [9.17, 15) is 19.2 Å². The van der Waals surface area contributed by atoms with Gasteiger partial charge in [0, 0.05) is 44.0 Å². The van der Waals surface area contributed by atoms with Crippen LogP contribution >= 0.6 is 0 Å². The molecule has 1 atom stereocenters. The Hall–Kier alpha value is -4.67. The smallest absolute Gasteiger partial charge is 0.276 e. The third-order valence-corrected chi connectivity index (χ3v) is 6.95. The average Bonchev–Trinajstić information content (AvgIpc) is 3.54. The first kappa shape index (κ1) is 22.8. The first-order valence-electron chi connectivity index (χ1n) is 12.1. The highest BCUT2D eigenvalue weighted by Crippen LogP contribution is 2.29. The fourth-order valence-corrected chi connectivity index (χ4v) is 5.03. The summed E-state index contributed by atoms with van der Waals surface area (Å²) in [5.41, 5.74) is 4.17. The molecule has 1 fully saturated rings. The molecule has 3 aliphatic rings. The number of aromatic nitrogens is 4. The molecule has 11 nitrogen and oxygen atoms in total. The Bertz CT molecular complexity index is 1460. The number of carbonyl (C=O) groups is 4. The zero-order valence-electron chi connectivity index (χ0n) is 19.8. The molecule has 0 bridgehead atoms. The van der Waals surface area contributed by atoms with Gasteiger partial charge in [-0.1, -0.05) is 17.4 Å². The van der Waals surface area contributed by atoms with Crippen LogP contribution in [0.15, 0.2) is 55.0 Å². The van der Waals surface area contributed by atoms with Crippen molar-refractivity contribution in [3.63, 3.8) is 0 Å². The molecule has 0 spiro atoms. The third kappa shape index (κ3) is 4.18. The lowest BCUT2D eigenvalue weighted by Crippen LogP contribution is -2.52. The number of fused-ring (bicyclic) bond motifs is 1. The van der Waals surface area contributed by atoms with Crippen LogP contribution < -0.4 is 5.32 Å². The number of hydrogen-bond acceptors (Lipinski definition) is 7. The van der Waals surface area contributed by atoms with Crippen LogP contribution in [0, 0.1) is 0 Å². The molecule has 5 heterocycles. The Labute approximate surface area is 211 Å². The summed E-state index contributed by atoms with van der Waals surface area (Å²) in [5, 5.41) is 10.6. The molecular weight excluding hydrogens is 474 g/mol. The van der Waals surface area contributed by atoms with Gasteiger partial charge in [0.1, 0.15) is 6.04 Å². The second-order valence-corrected chi connectivity index (χ2v) is 9.28. The lowest BCUT2D eigenvalue weighted by molar-refractivity contribution is -0.136. The lowest BCUT2D eigenvalue weighted by Gasteiger charge is -2.29. The molecule has 3 aliphatic heterocycles. The molecule has 1 aromatic carbocycles. The Morgan fingerprint density at radius 2 is 2.00 bits per heavy atom. The predicted octanol–water partition coefficient (Wildman–Crippen LogP) is 1.35. The van der Waals surface area contributed by atoms with Crippen LogP contribution in [0.5, 0.6) is 0 Å². The first-order valence-corrected chi connectivity index (χ1v) is 12.1. The van der Waals surface area contributed by atoms with E-state index in [4.69, 9.17) is 0 Å². The van der Waals surface area contributed by atoms with Crippen molar-refractivity contribution in [3.8, 4) is 5.69 Å². The van der Waals surface area contributed by atoms with Crippen molar-refractivity contribution >= 4 is 29.2 Å². The van der Waals surface area contributed by atoms with Crippen LogP contribution in [0.25, 0.3) is 11.3 Å². The molecule has 11 heteroatoms. The SMILES string of the molecule is O=C1CCC(N2Cc3cc(-n4cc(C(=O)N5CCC=C(c6cccnc6)C5)nn4)ccc3C2=O)C(=O)N1. The number of piperidine rings is 1. The van der Waals surface area contributed by atoms with Crippen molar-refractivity contribution in [3.05, 3.63) is 77.4 Å². The number of nitrogens with one attached hydrogen (secondary N) is 1. The lowest BCUT2D eigenvalue weighted by atomic mass is 10.0. The van der Waals surface area contributed by atoms with Crippen LogP contribution in [0.1, 0.15) is 51.2 Å². The van der Waals surface area contributed by atoms with E-state index in [1.165, 1.54) is 9.58 Å². The molecule has 2 aromatic heterocycles. The topological polar surface area (TPSA) is 130 Å². The molecule has 37 heavy (non-hydrogen) atoms. The highest BCUT2D eigenvalue weighted by Gasteiger charge is 2.39. The Morgan fingerprint density at radius 1 is 1.11 bits per heavy atom. The number of pyridine rings is 1. The second kappa shape index (κ2) is 9.08. The molecule has 0 aliphatic carbocycles. The normalized spacial score (nSPS) is 19.5. The van der Waals surface area contributed by atoms with Crippen LogP contribution in [0.2, 0.25) is 0 Å². The van der Waals surface area contributed by atoms with Gasteiger partial charge in [-0.2, -0.15) is 0 Å². The van der Waals surface area contributed by atoms with Crippen molar-refractivity contribution < 1.29 is 19.2 Å². The monoisotopic (exact) mass is 497 g/mol. The minimum Gasteiger partial charge on any atom is -0.333 e. The molecule has 1 saturated heterocycles. The number of nitrogens with zero attached hydrogens (tertiary/aromatic N) is 6. The van der Waals surface area contributed by atoms with Crippen LogP contribution in [0.4, 0.5) is 0 Å². The summed E-state index contributed by atoms with van der Waals surface area (Å²) in [5.74, 6) is -1.22. The molecule has 6 rings (SSSR count). The van der Waals surface area contributed by atoms with E-state index in [2.05, 4.69) is 26.7 Å². The number of amides is 4. The average molecular weight is 498 g/mol. The van der Waals surface area contributed by atoms with Crippen molar-refractivity contribution in [2.24, 2.45) is 0 Å². The Morgan fingerprint density at radius 3 is 2.81 bits per heavy atom. The van der Waals surface area contributed by atoms with Gasteiger partial charge >= 0.3 is 0 Å². The predicted molar refractivity (Wildman–Crippen MR) is 130 cm³/mol. The van der Waals surface area contributed by atoms with Crippen LogP contribution in [-0.2, 0) is 16.1 Å². The minimum atomic E-state index is -0.674. The number of carbonyl (C=O) groups excluding carboxylic acids is 4. The van der Waals surface area contributed by atoms with Gasteiger partial charge in [-0.25, -0.2) is 4.68 Å². The van der Waals surface area contributed by atoms with Gasteiger partial charge in [-0.05, 0) is 53.8 Å². The summed E-state index contributed by atoms with van der Waals surface area (Å²) >= 11 is 0. The quantitative estimate of drug-likeness (QED) is 0.539. The van der Waals surface area contributed by atoms with E-state index in [1.807, 2.05) is 18.2 Å². The largest absolute Gasteiger partial charge is 0.333 e. The Balaban J connectivity index is 1.18. The van der Waals surface area contributed by atoms with Crippen LogP contribution in [0.3, 0.4) is 0 Å². The highest BCUT2D eigenvalue weighted by atomic mass is 16.2. The number of hydrogen-bond donors (Lipinski definition) is 1. The van der Waals surface area contributed by atoms with Crippen LogP contribution in [-0.4, -0.2) is 72.5 Å². The fraction of sp³-hybridized carbons (Fsp3) is 0.269. The number of imide groups is 1. The molecule has 1 unspecified atom stereocenters. The maximum Gasteiger partial charge on any atom is 0.276 e. The van der Waals surface area contributed by atoms with Crippen molar-refractivity contribution in [1.82, 2.24) is 35.1 Å². The van der Waals surface area contributed by atoms with Crippen molar-refractivity contribution in [2.75, 3.05) is 13.1 Å². The highest BCUT2D eigenvalue weighted by molar-refractivity contribution is 6.05. The fourth-order valence-electron chi connectivity index (χ4n) is 5.03. The molecule has 0 saturated carbocycles. The minimum absolute atomic E-state index is 0.202. The van der Waals surface area contributed by atoms with Gasteiger partial charge in [0.2, 0.25) is 11.8 Å². The zero-order valence-corrected chi connectivity index (χ0v) is 19.8. The molecular formula is C26H23N7O4. The molecule has 1 N–H and O–H groups in total. The summed E-state index contributed by atoms with van der Waals surface area (Å²) in [7, 11) is 0. The summed E-state index contributed by atoms with van der Waals surface area (Å²) in [6.45, 7) is 1.31. The van der Waals surface area contributed by atoms with E-state index in [0.717, 1.165) is 23.1 Å². The van der Waals surface area contributed by atoms with E-state index in [0.29, 0.717) is 30.8 Å². The van der Waals surface area contributed by atoms with Gasteiger partial charge in [0.25, 0.3) is 11.8 Å². The maximum absolute atomic E-state index is 13.2. The van der Waals surface area contributed by atoms with E-state index in [-0.39, 0.29) is 36.4 Å². The van der Waals surface area contributed by atoms with E-state index >= 15 is 0 Å². The van der Waals surface area contributed by atoms with Crippen molar-refractivity contribution in [2.45, 2.75) is 31.8 Å². The molecule has 186 valence electrons. The Kier molecular flexibility index (Phi) is 5.59. The summed E-state index contributed by atoms with van der Waals surface area (Å²) in [6.07, 6.45) is 8.47. The maximum atomic E-state index is 13.2. The number of benzene rings is 1. The second-order valence-electron chi connectivity index (χ2n) is 9.28. The molecule has 3 aromatic rings. The summed E-state index contributed by atoms with van der Waals surface area (Å²) in [4.78, 5) is 57.3. The third-order valence-electron chi connectivity index (χ3n) is 6.95. The number of rotatable bonds is 4. The zero-order chi connectivity index (χ0) is 25.5. The van der Waals surface area contributed by atoms with Gasteiger partial charge in [-0.15, -0.1) is 5.10 Å². The molecule has 4 amide bonds. The van der Waals surface area contributed by atoms with Gasteiger partial charge < -0.3 is 9.80 Å². The summed E-state index contributed by atoms with van der Waals surface area (Å²) in [6, 6.07) is 8.41.